The largest absolute Gasteiger partial charge is 0.366 e. The number of urea groups is 1. The fourth-order valence-electron chi connectivity index (χ4n) is 2.16. The molecule has 132 valence electrons. The van der Waals surface area contributed by atoms with Crippen molar-refractivity contribution in [2.45, 2.75) is 33.4 Å². The molecule has 25 heavy (non-hydrogen) atoms. The Labute approximate surface area is 145 Å². The zero-order valence-corrected chi connectivity index (χ0v) is 14.4. The van der Waals surface area contributed by atoms with Crippen molar-refractivity contribution in [2.75, 3.05) is 10.6 Å². The van der Waals surface area contributed by atoms with Crippen molar-refractivity contribution in [1.82, 2.24) is 10.3 Å². The van der Waals surface area contributed by atoms with Gasteiger partial charge in [0.15, 0.2) is 0 Å². The number of hydrogen-bond acceptors (Lipinski definition) is 5. The number of benzene rings is 1. The first-order valence-corrected chi connectivity index (χ1v) is 7.86. The Kier molecular flexibility index (Phi) is 5.89. The van der Waals surface area contributed by atoms with E-state index < -0.39 is 4.92 Å². The lowest BCUT2D eigenvalue weighted by Gasteiger charge is -2.11. The molecule has 0 saturated heterocycles. The molecule has 8 nitrogen and oxygen atoms in total. The Hall–Kier alpha value is -3.16. The van der Waals surface area contributed by atoms with E-state index >= 15 is 0 Å². The molecular formula is C17H21N5O3. The maximum absolute atomic E-state index is 11.6. The zero-order valence-electron chi connectivity index (χ0n) is 14.4. The van der Waals surface area contributed by atoms with Crippen molar-refractivity contribution in [3.8, 4) is 0 Å². The molecule has 0 unspecified atom stereocenters. The Morgan fingerprint density at radius 2 is 1.96 bits per heavy atom. The van der Waals surface area contributed by atoms with Gasteiger partial charge < -0.3 is 16.0 Å². The van der Waals surface area contributed by atoms with Gasteiger partial charge in [0.05, 0.1) is 4.92 Å². The van der Waals surface area contributed by atoms with Crippen LogP contribution in [0.4, 0.5) is 22.0 Å². The molecule has 0 bridgehead atoms. The highest BCUT2D eigenvalue weighted by molar-refractivity contribution is 5.89. The summed E-state index contributed by atoms with van der Waals surface area (Å²) in [7, 11) is 0. The summed E-state index contributed by atoms with van der Waals surface area (Å²) in [5.41, 5.74) is 2.25. The van der Waals surface area contributed by atoms with E-state index in [0.717, 1.165) is 5.56 Å². The summed E-state index contributed by atoms with van der Waals surface area (Å²) in [6.45, 7) is 5.97. The third-order valence-electron chi connectivity index (χ3n) is 3.39. The molecular weight excluding hydrogens is 322 g/mol. The Bertz CT molecular complexity index is 759. The topological polar surface area (TPSA) is 109 Å². The highest BCUT2D eigenvalue weighted by Gasteiger charge is 2.11. The van der Waals surface area contributed by atoms with Crippen molar-refractivity contribution in [3.05, 3.63) is 57.8 Å². The van der Waals surface area contributed by atoms with Gasteiger partial charge in [-0.15, -0.1) is 0 Å². The summed E-state index contributed by atoms with van der Waals surface area (Å²) in [5, 5.41) is 19.4. The number of amides is 2. The van der Waals surface area contributed by atoms with Crippen LogP contribution in [0.5, 0.6) is 0 Å². The van der Waals surface area contributed by atoms with Gasteiger partial charge in [0.2, 0.25) is 0 Å². The number of nitrogens with zero attached hydrogens (tertiary/aromatic N) is 2. The van der Waals surface area contributed by atoms with Gasteiger partial charge in [-0.2, -0.15) is 0 Å². The molecule has 2 amide bonds. The van der Waals surface area contributed by atoms with Crippen LogP contribution in [0.2, 0.25) is 0 Å². The van der Waals surface area contributed by atoms with Crippen LogP contribution in [0.3, 0.4) is 0 Å². The van der Waals surface area contributed by atoms with E-state index in [2.05, 4.69) is 20.9 Å². The van der Waals surface area contributed by atoms with E-state index in [0.29, 0.717) is 23.6 Å². The van der Waals surface area contributed by atoms with Crippen LogP contribution in [0.1, 0.15) is 25.0 Å². The maximum atomic E-state index is 11.6. The van der Waals surface area contributed by atoms with E-state index in [1.54, 1.807) is 13.0 Å². The summed E-state index contributed by atoms with van der Waals surface area (Å²) in [4.78, 5) is 26.0. The quantitative estimate of drug-likeness (QED) is 0.550. The predicted octanol–water partition coefficient (Wildman–Crippen LogP) is 3.44. The molecule has 2 rings (SSSR count). The zero-order chi connectivity index (χ0) is 18.4. The highest BCUT2D eigenvalue weighted by Crippen LogP contribution is 2.19. The van der Waals surface area contributed by atoms with Gasteiger partial charge in [0, 0.05) is 23.8 Å². The third-order valence-corrected chi connectivity index (χ3v) is 3.39. The number of nitro groups is 1. The number of aromatic nitrogens is 1. The molecule has 0 fully saturated rings. The molecule has 8 heteroatoms. The molecule has 0 aliphatic carbocycles. The summed E-state index contributed by atoms with van der Waals surface area (Å²) in [6.07, 6.45) is 1.25. The minimum absolute atomic E-state index is 0.000603. The lowest BCUT2D eigenvalue weighted by atomic mass is 10.2. The van der Waals surface area contributed by atoms with Crippen molar-refractivity contribution >= 4 is 23.2 Å². The monoisotopic (exact) mass is 343 g/mol. The molecule has 1 aromatic carbocycles. The van der Waals surface area contributed by atoms with Gasteiger partial charge in [-0.1, -0.05) is 12.1 Å². The lowest BCUT2D eigenvalue weighted by molar-refractivity contribution is -0.385. The standard InChI is InChI=1S/C17H21N5O3/c1-11(2)20-17(23)21-14-6-4-13(5-7-14)9-18-16-8-12(3)15(10-19-16)22(24)25/h4-8,10-11H,9H2,1-3H3,(H,18,19)(H2,20,21,23). The SMILES string of the molecule is Cc1cc(NCc2ccc(NC(=O)NC(C)C)cc2)ncc1[N+](=O)[O-]. The van der Waals surface area contributed by atoms with Crippen molar-refractivity contribution in [1.29, 1.82) is 0 Å². The number of hydrogen-bond donors (Lipinski definition) is 3. The Morgan fingerprint density at radius 1 is 1.28 bits per heavy atom. The number of aryl methyl sites for hydroxylation is 1. The molecule has 2 aromatic rings. The van der Waals surface area contributed by atoms with Gasteiger partial charge >= 0.3 is 6.03 Å². The normalized spacial score (nSPS) is 10.4. The average Bonchev–Trinajstić information content (AvgIpc) is 2.53. The second kappa shape index (κ2) is 8.09. The second-order valence-corrected chi connectivity index (χ2v) is 5.92. The number of carbonyl (C=O) groups excluding carboxylic acids is 1. The smallest absolute Gasteiger partial charge is 0.319 e. The van der Waals surface area contributed by atoms with Gasteiger partial charge in [-0.05, 0) is 44.5 Å². The first kappa shape index (κ1) is 18.2. The van der Waals surface area contributed by atoms with Gasteiger partial charge in [-0.3, -0.25) is 10.1 Å². The predicted molar refractivity (Wildman–Crippen MR) is 96.7 cm³/mol. The third kappa shape index (κ3) is 5.45. The van der Waals surface area contributed by atoms with Crippen LogP contribution in [0.25, 0.3) is 0 Å². The van der Waals surface area contributed by atoms with Crippen LogP contribution >= 0.6 is 0 Å². The first-order valence-electron chi connectivity index (χ1n) is 7.86. The first-order chi connectivity index (χ1) is 11.8. The fourth-order valence-corrected chi connectivity index (χ4v) is 2.16. The lowest BCUT2D eigenvalue weighted by Crippen LogP contribution is -2.34. The number of nitrogens with one attached hydrogen (secondary N) is 3. The number of anilines is 2. The van der Waals surface area contributed by atoms with Crippen LogP contribution in [0, 0.1) is 17.0 Å². The van der Waals surface area contributed by atoms with Gasteiger partial charge in [-0.25, -0.2) is 9.78 Å². The van der Waals surface area contributed by atoms with Gasteiger partial charge in [0.25, 0.3) is 5.69 Å². The van der Waals surface area contributed by atoms with Crippen LogP contribution in [-0.4, -0.2) is 22.0 Å². The van der Waals surface area contributed by atoms with Crippen molar-refractivity contribution in [3.63, 3.8) is 0 Å². The molecule has 0 aliphatic heterocycles. The molecule has 1 aromatic heterocycles. The Morgan fingerprint density at radius 3 is 2.52 bits per heavy atom. The van der Waals surface area contributed by atoms with Crippen LogP contribution < -0.4 is 16.0 Å². The molecule has 1 heterocycles. The van der Waals surface area contributed by atoms with E-state index in [1.807, 2.05) is 38.1 Å². The summed E-state index contributed by atoms with van der Waals surface area (Å²) >= 11 is 0. The number of pyridine rings is 1. The van der Waals surface area contributed by atoms with E-state index in [-0.39, 0.29) is 17.8 Å². The molecule has 0 spiro atoms. The van der Waals surface area contributed by atoms with E-state index in [1.165, 1.54) is 6.20 Å². The van der Waals surface area contributed by atoms with Crippen molar-refractivity contribution < 1.29 is 9.72 Å². The van der Waals surface area contributed by atoms with Crippen molar-refractivity contribution in [2.24, 2.45) is 0 Å². The number of carbonyl (C=O) groups is 1. The van der Waals surface area contributed by atoms with E-state index in [9.17, 15) is 14.9 Å². The van der Waals surface area contributed by atoms with E-state index in [4.69, 9.17) is 0 Å². The van der Waals surface area contributed by atoms with Crippen LogP contribution in [0.15, 0.2) is 36.5 Å². The summed E-state index contributed by atoms with van der Waals surface area (Å²) in [5.74, 6) is 0.571. The summed E-state index contributed by atoms with van der Waals surface area (Å²) < 4.78 is 0. The van der Waals surface area contributed by atoms with Crippen LogP contribution in [-0.2, 0) is 6.54 Å². The molecule has 3 N–H and O–H groups in total. The van der Waals surface area contributed by atoms with Gasteiger partial charge in [0.1, 0.15) is 12.0 Å². The molecule has 0 aliphatic rings. The molecule has 0 radical (unpaired) electrons. The second-order valence-electron chi connectivity index (χ2n) is 5.92. The highest BCUT2D eigenvalue weighted by atomic mass is 16.6. The molecule has 0 atom stereocenters. The number of rotatable bonds is 6. The fraction of sp³-hybridized carbons (Fsp3) is 0.294. The minimum atomic E-state index is -0.451. The summed E-state index contributed by atoms with van der Waals surface area (Å²) in [6, 6.07) is 8.86. The minimum Gasteiger partial charge on any atom is -0.366 e. The molecule has 0 saturated carbocycles. The maximum Gasteiger partial charge on any atom is 0.319 e. The Balaban J connectivity index is 1.92. The average molecular weight is 343 g/mol.